The first-order valence-corrected chi connectivity index (χ1v) is 9.07. The zero-order valence-electron chi connectivity index (χ0n) is 11.6. The number of amides is 1. The SMILES string of the molecule is Cc1nnsc1C(=O)NC[C@](O)(c1ccsc1)c1cccs1. The lowest BCUT2D eigenvalue weighted by molar-refractivity contribution is 0.0722. The monoisotopic (exact) mass is 351 g/mol. The number of nitrogens with one attached hydrogen (secondary N) is 1. The highest BCUT2D eigenvalue weighted by molar-refractivity contribution is 7.10. The standard InChI is InChI=1S/C14H13N3O2S3/c1-9-12(22-17-16-9)13(18)15-8-14(19,10-4-6-20-7-10)11-3-2-5-21-11/h2-7,19H,8H2,1H3,(H,15,18)/t14-/m0/s1. The van der Waals surface area contributed by atoms with Crippen LogP contribution in [-0.4, -0.2) is 27.1 Å². The van der Waals surface area contributed by atoms with Gasteiger partial charge in [-0.2, -0.15) is 11.3 Å². The number of aromatic nitrogens is 2. The molecule has 1 atom stereocenters. The van der Waals surface area contributed by atoms with Gasteiger partial charge in [-0.15, -0.1) is 16.4 Å². The molecule has 114 valence electrons. The van der Waals surface area contributed by atoms with Gasteiger partial charge in [0.15, 0.2) is 0 Å². The largest absolute Gasteiger partial charge is 0.378 e. The van der Waals surface area contributed by atoms with E-state index in [4.69, 9.17) is 0 Å². The lowest BCUT2D eigenvalue weighted by atomic mass is 9.94. The summed E-state index contributed by atoms with van der Waals surface area (Å²) in [6.45, 7) is 1.84. The van der Waals surface area contributed by atoms with Gasteiger partial charge in [0.2, 0.25) is 0 Å². The van der Waals surface area contributed by atoms with Crippen LogP contribution in [0.4, 0.5) is 0 Å². The van der Waals surface area contributed by atoms with Gasteiger partial charge in [0, 0.05) is 10.4 Å². The Morgan fingerprint density at radius 3 is 2.86 bits per heavy atom. The molecule has 1 amide bonds. The zero-order chi connectivity index (χ0) is 15.6. The smallest absolute Gasteiger partial charge is 0.265 e. The minimum atomic E-state index is -1.23. The Bertz CT molecular complexity index is 716. The first-order valence-electron chi connectivity index (χ1n) is 6.47. The van der Waals surface area contributed by atoms with Gasteiger partial charge in [-0.1, -0.05) is 10.6 Å². The summed E-state index contributed by atoms with van der Waals surface area (Å²) in [5, 5.41) is 23.5. The topological polar surface area (TPSA) is 75.1 Å². The fourth-order valence-corrected chi connectivity index (χ4v) is 4.22. The van der Waals surface area contributed by atoms with Crippen LogP contribution < -0.4 is 5.32 Å². The quantitative estimate of drug-likeness (QED) is 0.741. The van der Waals surface area contributed by atoms with Crippen molar-refractivity contribution in [3.05, 3.63) is 55.4 Å². The summed E-state index contributed by atoms with van der Waals surface area (Å²) in [5.74, 6) is -0.266. The van der Waals surface area contributed by atoms with Gasteiger partial charge in [-0.3, -0.25) is 4.79 Å². The average molecular weight is 351 g/mol. The number of aliphatic hydroxyl groups is 1. The molecule has 0 saturated heterocycles. The van der Waals surface area contributed by atoms with Crippen molar-refractivity contribution >= 4 is 40.1 Å². The zero-order valence-corrected chi connectivity index (χ0v) is 14.1. The maximum absolute atomic E-state index is 12.2. The predicted octanol–water partition coefficient (Wildman–Crippen LogP) is 2.64. The molecular weight excluding hydrogens is 338 g/mol. The first kappa shape index (κ1) is 15.3. The Hall–Kier alpha value is -1.61. The fourth-order valence-electron chi connectivity index (χ4n) is 2.07. The molecule has 3 aromatic heterocycles. The van der Waals surface area contributed by atoms with Crippen molar-refractivity contribution in [2.24, 2.45) is 0 Å². The molecular formula is C14H13N3O2S3. The second kappa shape index (κ2) is 6.25. The number of hydrogen-bond acceptors (Lipinski definition) is 7. The number of carbonyl (C=O) groups is 1. The Balaban J connectivity index is 1.83. The molecule has 5 nitrogen and oxygen atoms in total. The highest BCUT2D eigenvalue weighted by Gasteiger charge is 2.34. The van der Waals surface area contributed by atoms with Gasteiger partial charge in [0.05, 0.1) is 12.2 Å². The Morgan fingerprint density at radius 2 is 2.27 bits per heavy atom. The van der Waals surface area contributed by atoms with Gasteiger partial charge >= 0.3 is 0 Å². The van der Waals surface area contributed by atoms with E-state index in [0.717, 1.165) is 22.0 Å². The normalized spacial score (nSPS) is 13.7. The highest BCUT2D eigenvalue weighted by Crippen LogP contribution is 2.33. The van der Waals surface area contributed by atoms with Gasteiger partial charge < -0.3 is 10.4 Å². The van der Waals surface area contributed by atoms with Gasteiger partial charge in [0.25, 0.3) is 5.91 Å². The van der Waals surface area contributed by atoms with Crippen LogP contribution in [0.1, 0.15) is 25.8 Å². The second-order valence-corrected chi connectivity index (χ2v) is 7.20. The molecule has 22 heavy (non-hydrogen) atoms. The summed E-state index contributed by atoms with van der Waals surface area (Å²) in [6.07, 6.45) is 0. The molecule has 3 rings (SSSR count). The van der Waals surface area contributed by atoms with E-state index in [-0.39, 0.29) is 12.5 Å². The number of nitrogens with zero attached hydrogens (tertiary/aromatic N) is 2. The number of carbonyl (C=O) groups excluding carboxylic acids is 1. The molecule has 0 aliphatic rings. The van der Waals surface area contributed by atoms with Gasteiger partial charge in [-0.05, 0) is 46.7 Å². The Kier molecular flexibility index (Phi) is 4.34. The molecule has 0 aliphatic heterocycles. The molecule has 0 fully saturated rings. The predicted molar refractivity (Wildman–Crippen MR) is 88.6 cm³/mol. The molecule has 0 bridgehead atoms. The summed E-state index contributed by atoms with van der Waals surface area (Å²) >= 11 is 4.03. The van der Waals surface area contributed by atoms with Crippen molar-refractivity contribution < 1.29 is 9.90 Å². The molecule has 0 aliphatic carbocycles. The molecule has 2 N–H and O–H groups in total. The number of rotatable bonds is 5. The number of aryl methyl sites for hydroxylation is 1. The Labute approximate surface area is 139 Å². The minimum absolute atomic E-state index is 0.0976. The van der Waals surface area contributed by atoms with Crippen LogP contribution in [0, 0.1) is 6.92 Å². The van der Waals surface area contributed by atoms with E-state index in [0.29, 0.717) is 10.6 Å². The van der Waals surface area contributed by atoms with Gasteiger partial charge in [0.1, 0.15) is 10.5 Å². The lowest BCUT2D eigenvalue weighted by Crippen LogP contribution is -2.40. The highest BCUT2D eigenvalue weighted by atomic mass is 32.1. The fraction of sp³-hybridized carbons (Fsp3) is 0.214. The average Bonchev–Trinajstić information content (AvgIpc) is 3.24. The second-order valence-electron chi connectivity index (χ2n) is 4.72. The van der Waals surface area contributed by atoms with Crippen molar-refractivity contribution in [1.29, 1.82) is 0 Å². The molecule has 0 aromatic carbocycles. The maximum Gasteiger partial charge on any atom is 0.265 e. The molecule has 8 heteroatoms. The van der Waals surface area contributed by atoms with Crippen LogP contribution in [0.25, 0.3) is 0 Å². The van der Waals surface area contributed by atoms with Crippen LogP contribution in [0.2, 0.25) is 0 Å². The summed E-state index contributed by atoms with van der Waals surface area (Å²) in [4.78, 5) is 13.5. The first-order chi connectivity index (χ1) is 10.6. The van der Waals surface area contributed by atoms with Crippen LogP contribution in [0.15, 0.2) is 34.3 Å². The third kappa shape index (κ3) is 2.82. The van der Waals surface area contributed by atoms with Crippen LogP contribution >= 0.6 is 34.2 Å². The molecule has 0 spiro atoms. The molecule has 0 unspecified atom stereocenters. The van der Waals surface area contributed by atoms with Crippen LogP contribution in [0.5, 0.6) is 0 Å². The molecule has 0 saturated carbocycles. The third-order valence-electron chi connectivity index (χ3n) is 3.29. The number of hydrogen-bond donors (Lipinski definition) is 2. The van der Waals surface area contributed by atoms with Crippen molar-refractivity contribution in [2.75, 3.05) is 6.54 Å². The lowest BCUT2D eigenvalue weighted by Gasteiger charge is -2.26. The summed E-state index contributed by atoms with van der Waals surface area (Å²) in [7, 11) is 0. The third-order valence-corrected chi connectivity index (χ3v) is 5.82. The number of thiophene rings is 2. The van der Waals surface area contributed by atoms with E-state index < -0.39 is 5.60 Å². The summed E-state index contributed by atoms with van der Waals surface area (Å²) < 4.78 is 3.76. The van der Waals surface area contributed by atoms with Gasteiger partial charge in [-0.25, -0.2) is 0 Å². The van der Waals surface area contributed by atoms with Crippen molar-refractivity contribution in [3.8, 4) is 0 Å². The summed E-state index contributed by atoms with van der Waals surface area (Å²) in [5.41, 5.74) is 0.146. The van der Waals surface area contributed by atoms with E-state index in [1.54, 1.807) is 6.92 Å². The van der Waals surface area contributed by atoms with E-state index >= 15 is 0 Å². The van der Waals surface area contributed by atoms with E-state index in [9.17, 15) is 9.90 Å². The van der Waals surface area contributed by atoms with Crippen LogP contribution in [0.3, 0.4) is 0 Å². The van der Waals surface area contributed by atoms with E-state index in [1.165, 1.54) is 22.7 Å². The molecule has 3 aromatic rings. The van der Waals surface area contributed by atoms with Crippen molar-refractivity contribution in [1.82, 2.24) is 14.9 Å². The van der Waals surface area contributed by atoms with E-state index in [1.807, 2.05) is 34.3 Å². The Morgan fingerprint density at radius 1 is 1.41 bits per heavy atom. The summed E-state index contributed by atoms with van der Waals surface area (Å²) in [6, 6.07) is 5.63. The van der Waals surface area contributed by atoms with E-state index in [2.05, 4.69) is 14.9 Å². The molecule has 0 radical (unpaired) electrons. The van der Waals surface area contributed by atoms with Crippen LogP contribution in [-0.2, 0) is 5.60 Å². The maximum atomic E-state index is 12.2. The minimum Gasteiger partial charge on any atom is -0.378 e. The van der Waals surface area contributed by atoms with Crippen molar-refractivity contribution in [2.45, 2.75) is 12.5 Å². The molecule has 3 heterocycles. The van der Waals surface area contributed by atoms with Crippen molar-refractivity contribution in [3.63, 3.8) is 0 Å².